The van der Waals surface area contributed by atoms with Gasteiger partial charge in [0, 0.05) is 5.69 Å². The van der Waals surface area contributed by atoms with Crippen molar-refractivity contribution in [3.8, 4) is 11.5 Å². The van der Waals surface area contributed by atoms with Gasteiger partial charge in [-0.1, -0.05) is 0 Å². The first-order valence-corrected chi connectivity index (χ1v) is 6.73. The molecule has 0 spiro atoms. The molecule has 6 nitrogen and oxygen atoms in total. The van der Waals surface area contributed by atoms with Gasteiger partial charge in [-0.3, -0.25) is 4.79 Å². The molecule has 0 unspecified atom stereocenters. The normalized spacial score (nSPS) is 10.3. The van der Waals surface area contributed by atoms with Gasteiger partial charge < -0.3 is 19.1 Å². The zero-order valence-corrected chi connectivity index (χ0v) is 12.4. The molecule has 1 N–H and O–H groups in total. The summed E-state index contributed by atoms with van der Waals surface area (Å²) in [7, 11) is 1.58. The summed E-state index contributed by atoms with van der Waals surface area (Å²) in [5.74, 6) is 0.157. The summed E-state index contributed by atoms with van der Waals surface area (Å²) in [5, 5.41) is 8.98. The zero-order chi connectivity index (χ0) is 16.1. The highest BCUT2D eigenvalue weighted by Crippen LogP contribution is 2.16. The van der Waals surface area contributed by atoms with Crippen LogP contribution in [0.4, 0.5) is 0 Å². The third kappa shape index (κ3) is 3.46. The Hall–Kier alpha value is -2.76. The van der Waals surface area contributed by atoms with Crippen molar-refractivity contribution >= 4 is 5.97 Å². The SMILES string of the molecule is COc1ccc(OCCn2c(C)ccc(C(=O)O)c2=O)cc1. The number of methoxy groups -OCH3 is 1. The molecule has 0 amide bonds. The van der Waals surface area contributed by atoms with E-state index in [-0.39, 0.29) is 18.7 Å². The molecule has 22 heavy (non-hydrogen) atoms. The lowest BCUT2D eigenvalue weighted by atomic mass is 10.2. The maximum Gasteiger partial charge on any atom is 0.341 e. The molecular formula is C16H17NO5. The average molecular weight is 303 g/mol. The van der Waals surface area contributed by atoms with E-state index in [0.717, 1.165) is 5.75 Å². The van der Waals surface area contributed by atoms with Crippen molar-refractivity contribution < 1.29 is 19.4 Å². The summed E-state index contributed by atoms with van der Waals surface area (Å²) in [6, 6.07) is 10.0. The second-order valence-electron chi connectivity index (χ2n) is 4.67. The van der Waals surface area contributed by atoms with Gasteiger partial charge in [-0.05, 0) is 43.3 Å². The topological polar surface area (TPSA) is 77.8 Å². The first-order valence-electron chi connectivity index (χ1n) is 6.73. The predicted octanol–water partition coefficient (Wildman–Crippen LogP) is 1.94. The standard InChI is InChI=1S/C16H17NO5/c1-11-3-8-14(16(19)20)15(18)17(11)9-10-22-13-6-4-12(21-2)5-7-13/h3-8H,9-10H2,1-2H3,(H,19,20). The van der Waals surface area contributed by atoms with Crippen LogP contribution >= 0.6 is 0 Å². The van der Waals surface area contributed by atoms with E-state index < -0.39 is 11.5 Å². The maximum absolute atomic E-state index is 12.1. The molecule has 0 aliphatic carbocycles. The number of carboxylic acids is 1. The van der Waals surface area contributed by atoms with Gasteiger partial charge in [0.1, 0.15) is 23.7 Å². The van der Waals surface area contributed by atoms with Gasteiger partial charge in [-0.25, -0.2) is 4.79 Å². The number of carboxylic acid groups (broad SMARTS) is 1. The summed E-state index contributed by atoms with van der Waals surface area (Å²) in [5.41, 5.74) is -0.0748. The number of nitrogens with zero attached hydrogens (tertiary/aromatic N) is 1. The van der Waals surface area contributed by atoms with E-state index in [1.54, 1.807) is 44.4 Å². The number of aromatic carboxylic acids is 1. The largest absolute Gasteiger partial charge is 0.497 e. The molecule has 0 bridgehead atoms. The molecular weight excluding hydrogens is 286 g/mol. The van der Waals surface area contributed by atoms with Crippen molar-refractivity contribution in [3.63, 3.8) is 0 Å². The van der Waals surface area contributed by atoms with Gasteiger partial charge >= 0.3 is 5.97 Å². The number of aryl methyl sites for hydroxylation is 1. The molecule has 2 rings (SSSR count). The molecule has 0 fully saturated rings. The Morgan fingerprint density at radius 3 is 2.36 bits per heavy atom. The van der Waals surface area contributed by atoms with Gasteiger partial charge in [-0.15, -0.1) is 0 Å². The van der Waals surface area contributed by atoms with Gasteiger partial charge in [0.2, 0.25) is 0 Å². The van der Waals surface area contributed by atoms with Gasteiger partial charge in [0.25, 0.3) is 5.56 Å². The van der Waals surface area contributed by atoms with Crippen molar-refractivity contribution in [1.82, 2.24) is 4.57 Å². The van der Waals surface area contributed by atoms with Gasteiger partial charge in [-0.2, -0.15) is 0 Å². The van der Waals surface area contributed by atoms with Crippen LogP contribution in [-0.4, -0.2) is 29.4 Å². The molecule has 0 saturated carbocycles. The lowest BCUT2D eigenvalue weighted by Gasteiger charge is -2.12. The molecule has 6 heteroatoms. The molecule has 0 aliphatic heterocycles. The Morgan fingerprint density at radius 1 is 1.14 bits per heavy atom. The summed E-state index contributed by atoms with van der Waals surface area (Å²) < 4.78 is 12.0. The second-order valence-corrected chi connectivity index (χ2v) is 4.67. The fourth-order valence-corrected chi connectivity index (χ4v) is 2.04. The summed E-state index contributed by atoms with van der Waals surface area (Å²) in [4.78, 5) is 23.1. The molecule has 2 aromatic rings. The van der Waals surface area contributed by atoms with E-state index in [1.807, 2.05) is 0 Å². The van der Waals surface area contributed by atoms with E-state index >= 15 is 0 Å². The van der Waals surface area contributed by atoms with Crippen LogP contribution in [0.3, 0.4) is 0 Å². The van der Waals surface area contributed by atoms with Crippen LogP contribution in [-0.2, 0) is 6.54 Å². The van der Waals surface area contributed by atoms with Crippen LogP contribution in [0.25, 0.3) is 0 Å². The summed E-state index contributed by atoms with van der Waals surface area (Å²) in [6.45, 7) is 2.29. The molecule has 0 atom stereocenters. The second kappa shape index (κ2) is 6.80. The summed E-state index contributed by atoms with van der Waals surface area (Å²) in [6.07, 6.45) is 0. The third-order valence-electron chi connectivity index (χ3n) is 3.27. The smallest absolute Gasteiger partial charge is 0.341 e. The average Bonchev–Trinajstić information content (AvgIpc) is 2.50. The molecule has 1 aromatic carbocycles. The Morgan fingerprint density at radius 2 is 1.77 bits per heavy atom. The Kier molecular flexibility index (Phi) is 4.83. The number of ether oxygens (including phenoxy) is 2. The molecule has 116 valence electrons. The minimum absolute atomic E-state index is 0.241. The van der Waals surface area contributed by atoms with E-state index in [2.05, 4.69) is 0 Å². The fourth-order valence-electron chi connectivity index (χ4n) is 2.04. The number of rotatable bonds is 6. The minimum Gasteiger partial charge on any atom is -0.497 e. The van der Waals surface area contributed by atoms with E-state index in [4.69, 9.17) is 14.6 Å². The Labute approximate surface area is 127 Å². The van der Waals surface area contributed by atoms with Crippen molar-refractivity contribution in [3.05, 3.63) is 58.0 Å². The number of benzene rings is 1. The number of pyridine rings is 1. The molecule has 1 aromatic heterocycles. The fraction of sp³-hybridized carbons (Fsp3) is 0.250. The highest BCUT2D eigenvalue weighted by atomic mass is 16.5. The van der Waals surface area contributed by atoms with E-state index in [0.29, 0.717) is 11.4 Å². The van der Waals surface area contributed by atoms with Crippen LogP contribution in [0.1, 0.15) is 16.1 Å². The first-order chi connectivity index (χ1) is 10.5. The zero-order valence-electron chi connectivity index (χ0n) is 12.4. The molecule has 1 heterocycles. The van der Waals surface area contributed by atoms with Crippen molar-refractivity contribution in [2.24, 2.45) is 0 Å². The predicted molar refractivity (Wildman–Crippen MR) is 80.9 cm³/mol. The van der Waals surface area contributed by atoms with E-state index in [1.165, 1.54) is 10.6 Å². The van der Waals surface area contributed by atoms with Crippen molar-refractivity contribution in [1.29, 1.82) is 0 Å². The Bertz CT molecular complexity index is 718. The van der Waals surface area contributed by atoms with Gasteiger partial charge in [0.05, 0.1) is 13.7 Å². The Balaban J connectivity index is 2.06. The highest BCUT2D eigenvalue weighted by Gasteiger charge is 2.12. The number of hydrogen-bond donors (Lipinski definition) is 1. The highest BCUT2D eigenvalue weighted by molar-refractivity contribution is 5.87. The summed E-state index contributed by atoms with van der Waals surface area (Å²) >= 11 is 0. The molecule has 0 aliphatic rings. The molecule has 0 saturated heterocycles. The number of hydrogen-bond acceptors (Lipinski definition) is 4. The lowest BCUT2D eigenvalue weighted by molar-refractivity contribution is 0.0694. The first kappa shape index (κ1) is 15.6. The number of aromatic nitrogens is 1. The van der Waals surface area contributed by atoms with Crippen molar-refractivity contribution in [2.75, 3.05) is 13.7 Å². The van der Waals surface area contributed by atoms with Crippen LogP contribution in [0.15, 0.2) is 41.2 Å². The van der Waals surface area contributed by atoms with E-state index in [9.17, 15) is 9.59 Å². The minimum atomic E-state index is -1.23. The van der Waals surface area contributed by atoms with Crippen molar-refractivity contribution in [2.45, 2.75) is 13.5 Å². The quantitative estimate of drug-likeness (QED) is 0.882. The van der Waals surface area contributed by atoms with Crippen LogP contribution in [0, 0.1) is 6.92 Å². The number of carbonyl (C=O) groups is 1. The monoisotopic (exact) mass is 303 g/mol. The van der Waals surface area contributed by atoms with Crippen LogP contribution < -0.4 is 15.0 Å². The van der Waals surface area contributed by atoms with Gasteiger partial charge in [0.15, 0.2) is 0 Å². The third-order valence-corrected chi connectivity index (χ3v) is 3.27. The maximum atomic E-state index is 12.1. The lowest BCUT2D eigenvalue weighted by Crippen LogP contribution is -2.29. The van der Waals surface area contributed by atoms with Crippen LogP contribution in [0.2, 0.25) is 0 Å². The van der Waals surface area contributed by atoms with Crippen LogP contribution in [0.5, 0.6) is 11.5 Å². The molecule has 0 radical (unpaired) electrons.